The van der Waals surface area contributed by atoms with Gasteiger partial charge in [-0.1, -0.05) is 0 Å². The van der Waals surface area contributed by atoms with Crippen LogP contribution in [0.5, 0.6) is 0 Å². The van der Waals surface area contributed by atoms with Gasteiger partial charge in [-0.25, -0.2) is 8.42 Å². The molecule has 0 spiro atoms. The molecular weight excluding hydrogens is 386 g/mol. The van der Waals surface area contributed by atoms with E-state index in [2.05, 4.69) is 15.9 Å². The van der Waals surface area contributed by atoms with Crippen molar-refractivity contribution in [3.05, 3.63) is 16.5 Å². The number of piperidine rings is 1. The number of likely N-dealkylation sites (tertiary alicyclic amines) is 1. The number of methoxy groups -OCH3 is 1. The second-order valence-electron chi connectivity index (χ2n) is 4.88. The lowest BCUT2D eigenvalue weighted by molar-refractivity contribution is 0.0584. The molecule has 1 fully saturated rings. The molecular formula is C12H15BrClNO5S. The summed E-state index contributed by atoms with van der Waals surface area (Å²) in [5.41, 5.74) is 0. The third-order valence-corrected chi connectivity index (χ3v) is 5.61. The molecule has 0 bridgehead atoms. The topological polar surface area (TPSA) is 76.8 Å². The lowest BCUT2D eigenvalue weighted by atomic mass is 9.98. The summed E-state index contributed by atoms with van der Waals surface area (Å²) in [5.74, 6) is 0.0746. The van der Waals surface area contributed by atoms with Crippen LogP contribution >= 0.6 is 26.6 Å². The van der Waals surface area contributed by atoms with Crippen molar-refractivity contribution in [1.29, 1.82) is 0 Å². The number of ether oxygens (including phenoxy) is 1. The summed E-state index contributed by atoms with van der Waals surface area (Å²) in [5, 5.41) is 0. The van der Waals surface area contributed by atoms with Crippen molar-refractivity contribution in [1.82, 2.24) is 4.90 Å². The maximum Gasteiger partial charge on any atom is 0.289 e. The van der Waals surface area contributed by atoms with E-state index in [1.54, 1.807) is 12.0 Å². The highest BCUT2D eigenvalue weighted by Gasteiger charge is 2.28. The van der Waals surface area contributed by atoms with Gasteiger partial charge in [0.1, 0.15) is 4.90 Å². The fourth-order valence-corrected chi connectivity index (χ4v) is 4.35. The van der Waals surface area contributed by atoms with Gasteiger partial charge in [0.2, 0.25) is 0 Å². The van der Waals surface area contributed by atoms with Crippen LogP contribution in [0.1, 0.15) is 23.4 Å². The fraction of sp³-hybridized carbons (Fsp3) is 0.583. The third kappa shape index (κ3) is 4.00. The molecule has 1 saturated heterocycles. The maximum atomic E-state index is 12.3. The number of rotatable bonds is 4. The molecule has 1 aromatic heterocycles. The highest BCUT2D eigenvalue weighted by Crippen LogP contribution is 2.30. The standard InChI is InChI=1S/C12H15BrClNO5S/c1-19-7-8-2-4-15(5-3-8)12(16)9-6-10(11(13)20-9)21(14,17)18/h6,8H,2-5,7H2,1H3. The molecule has 1 aromatic rings. The number of hydrogen-bond donors (Lipinski definition) is 0. The molecule has 2 heterocycles. The van der Waals surface area contributed by atoms with Gasteiger partial charge in [0.25, 0.3) is 15.0 Å². The molecule has 0 saturated carbocycles. The first kappa shape index (κ1) is 16.8. The Morgan fingerprint density at radius 3 is 2.62 bits per heavy atom. The van der Waals surface area contributed by atoms with E-state index in [4.69, 9.17) is 19.8 Å². The largest absolute Gasteiger partial charge is 0.443 e. The van der Waals surface area contributed by atoms with Crippen molar-refractivity contribution in [2.45, 2.75) is 17.7 Å². The Bertz CT molecular complexity index is 622. The highest BCUT2D eigenvalue weighted by molar-refractivity contribution is 9.10. The van der Waals surface area contributed by atoms with Crippen LogP contribution in [-0.4, -0.2) is 46.0 Å². The molecule has 1 aliphatic rings. The zero-order valence-electron chi connectivity index (χ0n) is 11.3. The minimum Gasteiger partial charge on any atom is -0.443 e. The molecule has 0 aromatic carbocycles. The van der Waals surface area contributed by atoms with Gasteiger partial charge < -0.3 is 14.1 Å². The first-order valence-corrected chi connectivity index (χ1v) is 9.45. The van der Waals surface area contributed by atoms with E-state index in [0.29, 0.717) is 25.6 Å². The molecule has 118 valence electrons. The number of nitrogens with zero attached hydrogens (tertiary/aromatic N) is 1. The Kier molecular flexibility index (Phi) is 5.34. The van der Waals surface area contributed by atoms with Gasteiger partial charge in [0, 0.05) is 43.6 Å². The molecule has 0 unspecified atom stereocenters. The normalized spacial score (nSPS) is 17.2. The van der Waals surface area contributed by atoms with Crippen molar-refractivity contribution in [3.8, 4) is 0 Å². The first-order chi connectivity index (χ1) is 9.82. The van der Waals surface area contributed by atoms with Gasteiger partial charge in [0.05, 0.1) is 0 Å². The SMILES string of the molecule is COCC1CCN(C(=O)c2cc(S(=O)(=O)Cl)c(Br)o2)CC1. The van der Waals surface area contributed by atoms with Crippen molar-refractivity contribution >= 4 is 41.6 Å². The third-order valence-electron chi connectivity index (χ3n) is 3.43. The molecule has 6 nitrogen and oxygen atoms in total. The van der Waals surface area contributed by atoms with Gasteiger partial charge in [-0.15, -0.1) is 0 Å². The molecule has 0 radical (unpaired) electrons. The summed E-state index contributed by atoms with van der Waals surface area (Å²) in [6, 6.07) is 1.15. The molecule has 1 aliphatic heterocycles. The highest BCUT2D eigenvalue weighted by atomic mass is 79.9. The van der Waals surface area contributed by atoms with Crippen molar-refractivity contribution in [2.24, 2.45) is 5.92 Å². The van der Waals surface area contributed by atoms with Gasteiger partial charge in [-0.2, -0.15) is 0 Å². The van der Waals surface area contributed by atoms with E-state index < -0.39 is 9.05 Å². The Morgan fingerprint density at radius 1 is 1.52 bits per heavy atom. The molecule has 21 heavy (non-hydrogen) atoms. The van der Waals surface area contributed by atoms with Crippen LogP contribution in [0.15, 0.2) is 20.0 Å². The van der Waals surface area contributed by atoms with Crippen LogP contribution in [0.3, 0.4) is 0 Å². The average molecular weight is 401 g/mol. The smallest absolute Gasteiger partial charge is 0.289 e. The van der Waals surface area contributed by atoms with Gasteiger partial charge in [-0.3, -0.25) is 4.79 Å². The van der Waals surface area contributed by atoms with Crippen molar-refractivity contribution in [2.75, 3.05) is 26.8 Å². The van der Waals surface area contributed by atoms with Crippen LogP contribution < -0.4 is 0 Å². The Balaban J connectivity index is 2.08. The number of halogens is 2. The van der Waals surface area contributed by atoms with E-state index in [-0.39, 0.29) is 21.2 Å². The van der Waals surface area contributed by atoms with E-state index in [9.17, 15) is 13.2 Å². The summed E-state index contributed by atoms with van der Waals surface area (Å²) in [4.78, 5) is 13.7. The first-order valence-electron chi connectivity index (χ1n) is 6.35. The lowest BCUT2D eigenvalue weighted by Crippen LogP contribution is -2.39. The number of furan rings is 1. The van der Waals surface area contributed by atoms with Gasteiger partial charge in [0.15, 0.2) is 10.4 Å². The van der Waals surface area contributed by atoms with Crippen molar-refractivity contribution < 1.29 is 22.4 Å². The monoisotopic (exact) mass is 399 g/mol. The Hall–Kier alpha value is -0.570. The molecule has 1 amide bonds. The van der Waals surface area contributed by atoms with Gasteiger partial charge in [-0.05, 0) is 34.7 Å². The van der Waals surface area contributed by atoms with Crippen LogP contribution in [0, 0.1) is 5.92 Å². The fourth-order valence-electron chi connectivity index (χ4n) is 2.32. The number of hydrogen-bond acceptors (Lipinski definition) is 5. The predicted molar refractivity (Wildman–Crippen MR) is 80.0 cm³/mol. The quantitative estimate of drug-likeness (QED) is 0.726. The second-order valence-corrected chi connectivity index (χ2v) is 8.13. The average Bonchev–Trinajstić information content (AvgIpc) is 2.81. The number of carbonyl (C=O) groups excluding carboxylic acids is 1. The van der Waals surface area contributed by atoms with Crippen molar-refractivity contribution in [3.63, 3.8) is 0 Å². The summed E-state index contributed by atoms with van der Waals surface area (Å²) in [6.07, 6.45) is 1.70. The maximum absolute atomic E-state index is 12.3. The lowest BCUT2D eigenvalue weighted by Gasteiger charge is -2.31. The van der Waals surface area contributed by atoms with E-state index >= 15 is 0 Å². The van der Waals surface area contributed by atoms with Crippen LogP contribution in [0.25, 0.3) is 0 Å². The minimum atomic E-state index is -3.95. The van der Waals surface area contributed by atoms with E-state index in [1.165, 1.54) is 0 Å². The zero-order chi connectivity index (χ0) is 15.6. The van der Waals surface area contributed by atoms with Crippen LogP contribution in [0.2, 0.25) is 0 Å². The molecule has 9 heteroatoms. The minimum absolute atomic E-state index is 0.0358. The molecule has 2 rings (SSSR count). The molecule has 0 atom stereocenters. The second kappa shape index (κ2) is 6.68. The number of amides is 1. The predicted octanol–water partition coefficient (Wildman–Crippen LogP) is 2.47. The summed E-state index contributed by atoms with van der Waals surface area (Å²) >= 11 is 2.96. The van der Waals surface area contributed by atoms with Crippen LogP contribution in [-0.2, 0) is 13.8 Å². The van der Waals surface area contributed by atoms with Gasteiger partial charge >= 0.3 is 0 Å². The van der Waals surface area contributed by atoms with E-state index in [0.717, 1.165) is 18.9 Å². The summed E-state index contributed by atoms with van der Waals surface area (Å²) in [6.45, 7) is 1.87. The zero-order valence-corrected chi connectivity index (χ0v) is 14.5. The Labute approximate surface area is 135 Å². The van der Waals surface area contributed by atoms with Crippen LogP contribution in [0.4, 0.5) is 0 Å². The summed E-state index contributed by atoms with van der Waals surface area (Å²) < 4.78 is 32.9. The molecule has 0 N–H and O–H groups in total. The summed E-state index contributed by atoms with van der Waals surface area (Å²) in [7, 11) is 2.97. The number of carbonyl (C=O) groups is 1. The molecule has 0 aliphatic carbocycles. The Morgan fingerprint density at radius 2 is 2.14 bits per heavy atom. The van der Waals surface area contributed by atoms with E-state index in [1.807, 2.05) is 0 Å².